The molecule has 3 N–H and O–H groups in total. The van der Waals surface area contributed by atoms with E-state index in [9.17, 15) is 19.5 Å². The number of carboxylic acids is 1. The van der Waals surface area contributed by atoms with Crippen molar-refractivity contribution in [2.75, 3.05) is 19.8 Å². The summed E-state index contributed by atoms with van der Waals surface area (Å²) in [7, 11) is 0. The summed E-state index contributed by atoms with van der Waals surface area (Å²) < 4.78 is 10.9. The monoisotopic (exact) mass is 480 g/mol. The molecule has 0 saturated carbocycles. The highest BCUT2D eigenvalue weighted by atomic mass is 16.5. The fraction of sp³-hybridized carbons (Fsp3) is 0.444. The predicted molar refractivity (Wildman–Crippen MR) is 130 cm³/mol. The Morgan fingerprint density at radius 3 is 2.17 bits per heavy atom. The quantitative estimate of drug-likeness (QED) is 0.531. The van der Waals surface area contributed by atoms with Gasteiger partial charge in [-0.05, 0) is 28.2 Å². The Bertz CT molecular complexity index is 1050. The van der Waals surface area contributed by atoms with Crippen LogP contribution in [0.4, 0.5) is 4.79 Å². The van der Waals surface area contributed by atoms with Crippen molar-refractivity contribution in [3.8, 4) is 11.1 Å². The van der Waals surface area contributed by atoms with Gasteiger partial charge in [-0.3, -0.25) is 4.79 Å². The van der Waals surface area contributed by atoms with E-state index in [-0.39, 0.29) is 44.5 Å². The van der Waals surface area contributed by atoms with E-state index >= 15 is 0 Å². The minimum absolute atomic E-state index is 0.0958. The van der Waals surface area contributed by atoms with Crippen molar-refractivity contribution in [2.45, 2.75) is 50.6 Å². The lowest BCUT2D eigenvalue weighted by atomic mass is 9.88. The van der Waals surface area contributed by atoms with Gasteiger partial charge in [0.2, 0.25) is 5.91 Å². The third-order valence-corrected chi connectivity index (χ3v) is 7.23. The Morgan fingerprint density at radius 2 is 1.63 bits per heavy atom. The molecule has 2 aromatic rings. The first-order valence-electron chi connectivity index (χ1n) is 12.1. The fourth-order valence-electron chi connectivity index (χ4n) is 4.89. The Labute approximate surface area is 205 Å². The Morgan fingerprint density at radius 1 is 1.06 bits per heavy atom. The lowest BCUT2D eigenvalue weighted by Gasteiger charge is -2.36. The van der Waals surface area contributed by atoms with Crippen LogP contribution in [0.2, 0.25) is 0 Å². The fourth-order valence-corrected chi connectivity index (χ4v) is 4.89. The van der Waals surface area contributed by atoms with Crippen molar-refractivity contribution >= 4 is 18.0 Å². The number of nitrogens with one attached hydrogen (secondary N) is 2. The SMILES string of the molecule is CC[C@H](C)[C@H](NC(=O)OCC1c2ccccc2-c2ccccc21)C(=O)NC1(C(=O)O)CCOCC1. The molecule has 8 heteroatoms. The molecule has 0 radical (unpaired) electrons. The summed E-state index contributed by atoms with van der Waals surface area (Å²) in [6.07, 6.45) is 0.257. The van der Waals surface area contributed by atoms with E-state index in [2.05, 4.69) is 22.8 Å². The molecule has 1 heterocycles. The Kier molecular flexibility index (Phi) is 7.40. The summed E-state index contributed by atoms with van der Waals surface area (Å²) >= 11 is 0. The van der Waals surface area contributed by atoms with Gasteiger partial charge in [-0.15, -0.1) is 0 Å². The van der Waals surface area contributed by atoms with Crippen LogP contribution in [0, 0.1) is 5.92 Å². The molecule has 1 saturated heterocycles. The van der Waals surface area contributed by atoms with Crippen molar-refractivity contribution < 1.29 is 29.0 Å². The van der Waals surface area contributed by atoms with Crippen LogP contribution in [-0.2, 0) is 19.1 Å². The van der Waals surface area contributed by atoms with Gasteiger partial charge in [0.05, 0.1) is 0 Å². The maximum absolute atomic E-state index is 13.2. The average molecular weight is 481 g/mol. The minimum atomic E-state index is -1.40. The third kappa shape index (κ3) is 5.03. The lowest BCUT2D eigenvalue weighted by molar-refractivity contribution is -0.152. The van der Waals surface area contributed by atoms with Gasteiger partial charge >= 0.3 is 12.1 Å². The summed E-state index contributed by atoms with van der Waals surface area (Å²) in [6, 6.07) is 15.2. The molecule has 4 rings (SSSR count). The lowest BCUT2D eigenvalue weighted by Crippen LogP contribution is -2.62. The normalized spacial score (nSPS) is 18.0. The topological polar surface area (TPSA) is 114 Å². The molecular formula is C27H32N2O6. The number of alkyl carbamates (subject to hydrolysis) is 1. The average Bonchev–Trinajstić information content (AvgIpc) is 3.19. The minimum Gasteiger partial charge on any atom is -0.480 e. The number of carbonyl (C=O) groups excluding carboxylic acids is 2. The summed E-state index contributed by atoms with van der Waals surface area (Å²) in [5.41, 5.74) is 3.05. The molecule has 1 aliphatic carbocycles. The highest BCUT2D eigenvalue weighted by Gasteiger charge is 2.43. The summed E-state index contributed by atoms with van der Waals surface area (Å²) in [4.78, 5) is 37.9. The van der Waals surface area contributed by atoms with Crippen LogP contribution in [0.3, 0.4) is 0 Å². The van der Waals surface area contributed by atoms with Gasteiger partial charge in [0.1, 0.15) is 18.2 Å². The van der Waals surface area contributed by atoms with Crippen LogP contribution >= 0.6 is 0 Å². The maximum atomic E-state index is 13.2. The van der Waals surface area contributed by atoms with Crippen LogP contribution in [0.15, 0.2) is 48.5 Å². The standard InChI is InChI=1S/C27H32N2O6/c1-3-17(2)23(24(30)29-27(25(31)32)12-14-34-15-13-27)28-26(33)35-16-22-20-10-6-4-8-18(20)19-9-5-7-11-21(19)22/h4-11,17,22-23H,3,12-16H2,1-2H3,(H,28,33)(H,29,30)(H,31,32)/t17-,23-/m0/s1. The van der Waals surface area contributed by atoms with E-state index in [1.807, 2.05) is 50.2 Å². The van der Waals surface area contributed by atoms with Crippen molar-refractivity contribution in [1.82, 2.24) is 10.6 Å². The molecular weight excluding hydrogens is 448 g/mol. The van der Waals surface area contributed by atoms with Gasteiger partial charge in [0.25, 0.3) is 0 Å². The van der Waals surface area contributed by atoms with Crippen molar-refractivity contribution in [3.05, 3.63) is 59.7 Å². The molecule has 8 nitrogen and oxygen atoms in total. The van der Waals surface area contributed by atoms with Gasteiger partial charge in [-0.2, -0.15) is 0 Å². The number of hydrogen-bond donors (Lipinski definition) is 3. The van der Waals surface area contributed by atoms with E-state index < -0.39 is 29.6 Å². The number of rotatable bonds is 8. The molecule has 1 aliphatic heterocycles. The molecule has 0 aromatic heterocycles. The predicted octanol–water partition coefficient (Wildman–Crippen LogP) is 3.69. The Balaban J connectivity index is 1.44. The highest BCUT2D eigenvalue weighted by molar-refractivity contribution is 5.91. The van der Waals surface area contributed by atoms with Gasteiger partial charge < -0.3 is 25.2 Å². The Hall–Kier alpha value is -3.39. The number of carbonyl (C=O) groups is 3. The molecule has 35 heavy (non-hydrogen) atoms. The van der Waals surface area contributed by atoms with E-state index in [4.69, 9.17) is 9.47 Å². The second-order valence-corrected chi connectivity index (χ2v) is 9.32. The first-order valence-corrected chi connectivity index (χ1v) is 12.1. The third-order valence-electron chi connectivity index (χ3n) is 7.23. The van der Waals surface area contributed by atoms with Crippen molar-refractivity contribution in [1.29, 1.82) is 0 Å². The first kappa shape index (κ1) is 24.7. The second-order valence-electron chi connectivity index (χ2n) is 9.32. The van der Waals surface area contributed by atoms with Gasteiger partial charge in [-0.25, -0.2) is 9.59 Å². The van der Waals surface area contributed by atoms with Crippen LogP contribution < -0.4 is 10.6 Å². The molecule has 2 atom stereocenters. The zero-order valence-corrected chi connectivity index (χ0v) is 20.1. The molecule has 0 spiro atoms. The summed E-state index contributed by atoms with van der Waals surface area (Å²) in [5.74, 6) is -1.95. The maximum Gasteiger partial charge on any atom is 0.407 e. The molecule has 0 unspecified atom stereocenters. The van der Waals surface area contributed by atoms with Crippen LogP contribution in [0.25, 0.3) is 11.1 Å². The van der Waals surface area contributed by atoms with Crippen molar-refractivity contribution in [3.63, 3.8) is 0 Å². The number of hydrogen-bond acceptors (Lipinski definition) is 5. The molecule has 2 aromatic carbocycles. The smallest absolute Gasteiger partial charge is 0.407 e. The van der Waals surface area contributed by atoms with E-state index in [0.717, 1.165) is 22.3 Å². The zero-order chi connectivity index (χ0) is 25.0. The van der Waals surface area contributed by atoms with Crippen LogP contribution in [0.5, 0.6) is 0 Å². The number of amides is 2. The largest absolute Gasteiger partial charge is 0.480 e. The zero-order valence-electron chi connectivity index (χ0n) is 20.1. The highest BCUT2D eigenvalue weighted by Crippen LogP contribution is 2.44. The van der Waals surface area contributed by atoms with E-state index in [1.165, 1.54) is 0 Å². The van der Waals surface area contributed by atoms with E-state index in [1.54, 1.807) is 0 Å². The molecule has 2 aliphatic rings. The number of ether oxygens (including phenoxy) is 2. The van der Waals surface area contributed by atoms with Crippen LogP contribution in [0.1, 0.15) is 50.2 Å². The number of carboxylic acid groups (broad SMARTS) is 1. The van der Waals surface area contributed by atoms with Gasteiger partial charge in [-0.1, -0.05) is 68.8 Å². The van der Waals surface area contributed by atoms with Crippen LogP contribution in [-0.4, -0.2) is 54.5 Å². The van der Waals surface area contributed by atoms with E-state index in [0.29, 0.717) is 6.42 Å². The number of benzene rings is 2. The summed E-state index contributed by atoms with van der Waals surface area (Å²) in [6.45, 7) is 4.38. The molecule has 0 bridgehead atoms. The molecule has 1 fully saturated rings. The second kappa shape index (κ2) is 10.5. The molecule has 2 amide bonds. The first-order chi connectivity index (χ1) is 16.9. The number of aliphatic carboxylic acids is 1. The summed E-state index contributed by atoms with van der Waals surface area (Å²) in [5, 5.41) is 15.2. The number of fused-ring (bicyclic) bond motifs is 3. The molecule has 186 valence electrons. The van der Waals surface area contributed by atoms with Gasteiger partial charge in [0, 0.05) is 32.0 Å². The van der Waals surface area contributed by atoms with Crippen molar-refractivity contribution in [2.24, 2.45) is 5.92 Å². The van der Waals surface area contributed by atoms with Gasteiger partial charge in [0.15, 0.2) is 0 Å².